The van der Waals surface area contributed by atoms with Gasteiger partial charge in [-0.2, -0.15) is 0 Å². The van der Waals surface area contributed by atoms with Crippen molar-refractivity contribution < 1.29 is 39.5 Å². The Balaban J connectivity index is 0.00000196. The monoisotopic (exact) mass is 216 g/mol. The molecule has 0 aliphatic rings. The number of aromatic amines is 1. The summed E-state index contributed by atoms with van der Waals surface area (Å²) in [7, 11) is 0. The molecule has 0 bridgehead atoms. The summed E-state index contributed by atoms with van der Waals surface area (Å²) in [6.45, 7) is 7.39. The summed E-state index contributed by atoms with van der Waals surface area (Å²) < 4.78 is 0. The molecule has 0 atom stereocenters. The molecule has 0 saturated carbocycles. The molecule has 0 unspecified atom stereocenters. The number of nitrogens with one attached hydrogen (secondary N) is 1. The van der Waals surface area contributed by atoms with Crippen LogP contribution in [0.15, 0.2) is 6.58 Å². The van der Waals surface area contributed by atoms with Gasteiger partial charge in [0.15, 0.2) is 0 Å². The minimum Gasteiger partial charge on any atom is -0.543 e. The van der Waals surface area contributed by atoms with E-state index in [2.05, 4.69) is 16.5 Å². The van der Waals surface area contributed by atoms with Gasteiger partial charge >= 0.3 is 29.6 Å². The standard InChI is InChI=1S/C10H14N2O2.Na/c1-4-5-7-11-8(6(2)3)9(12-7)10(13)14;/h2,4-5H2,1,3H3,(H,11,12)(H,13,14);/q;+1/p-1. The van der Waals surface area contributed by atoms with E-state index >= 15 is 0 Å². The van der Waals surface area contributed by atoms with Gasteiger partial charge in [0.25, 0.3) is 0 Å². The van der Waals surface area contributed by atoms with Gasteiger partial charge in [-0.15, -0.1) is 0 Å². The Morgan fingerprint density at radius 3 is 2.53 bits per heavy atom. The second-order valence-electron chi connectivity index (χ2n) is 3.22. The number of aromatic nitrogens is 2. The number of nitrogens with zero attached hydrogens (tertiary/aromatic N) is 1. The summed E-state index contributed by atoms with van der Waals surface area (Å²) >= 11 is 0. The van der Waals surface area contributed by atoms with E-state index in [1.807, 2.05) is 6.92 Å². The Labute approximate surface area is 111 Å². The molecule has 0 amide bonds. The van der Waals surface area contributed by atoms with Crippen LogP contribution in [0.3, 0.4) is 0 Å². The third-order valence-corrected chi connectivity index (χ3v) is 1.85. The topological polar surface area (TPSA) is 68.8 Å². The summed E-state index contributed by atoms with van der Waals surface area (Å²) in [5.41, 5.74) is 1.05. The summed E-state index contributed by atoms with van der Waals surface area (Å²) in [6.07, 6.45) is 1.64. The number of aryl methyl sites for hydroxylation is 1. The fourth-order valence-corrected chi connectivity index (χ4v) is 1.23. The van der Waals surface area contributed by atoms with Crippen LogP contribution < -0.4 is 34.7 Å². The molecule has 1 aromatic rings. The zero-order chi connectivity index (χ0) is 10.7. The molecule has 0 fully saturated rings. The van der Waals surface area contributed by atoms with Crippen LogP contribution >= 0.6 is 0 Å². The second kappa shape index (κ2) is 6.10. The number of imidazole rings is 1. The fraction of sp³-hybridized carbons (Fsp3) is 0.400. The van der Waals surface area contributed by atoms with Gasteiger partial charge in [-0.25, -0.2) is 4.98 Å². The minimum atomic E-state index is -1.24. The van der Waals surface area contributed by atoms with Crippen molar-refractivity contribution in [2.75, 3.05) is 0 Å². The SMILES string of the molecule is C=C(C)c1nc(CCC)[nH]c1C(=O)[O-].[Na+]. The van der Waals surface area contributed by atoms with E-state index in [4.69, 9.17) is 0 Å². The van der Waals surface area contributed by atoms with E-state index in [9.17, 15) is 9.90 Å². The maximum Gasteiger partial charge on any atom is 1.00 e. The molecular weight excluding hydrogens is 203 g/mol. The predicted molar refractivity (Wildman–Crippen MR) is 51.6 cm³/mol. The third-order valence-electron chi connectivity index (χ3n) is 1.85. The van der Waals surface area contributed by atoms with Gasteiger partial charge in [0.2, 0.25) is 0 Å². The van der Waals surface area contributed by atoms with Gasteiger partial charge in [-0.3, -0.25) is 0 Å². The smallest absolute Gasteiger partial charge is 0.543 e. The molecule has 0 aliphatic heterocycles. The van der Waals surface area contributed by atoms with Crippen LogP contribution in [0.2, 0.25) is 0 Å². The largest absolute Gasteiger partial charge is 1.00 e. The van der Waals surface area contributed by atoms with Gasteiger partial charge < -0.3 is 14.9 Å². The average Bonchev–Trinajstić information content (AvgIpc) is 2.49. The molecule has 0 aliphatic carbocycles. The van der Waals surface area contributed by atoms with Gasteiger partial charge in [-0.1, -0.05) is 13.5 Å². The van der Waals surface area contributed by atoms with Crippen LogP contribution in [0.4, 0.5) is 0 Å². The maximum absolute atomic E-state index is 10.7. The van der Waals surface area contributed by atoms with Crippen molar-refractivity contribution in [3.63, 3.8) is 0 Å². The summed E-state index contributed by atoms with van der Waals surface area (Å²) in [5.74, 6) is -0.567. The number of rotatable bonds is 4. The number of hydrogen-bond acceptors (Lipinski definition) is 3. The van der Waals surface area contributed by atoms with E-state index in [1.54, 1.807) is 6.92 Å². The van der Waals surface area contributed by atoms with Gasteiger partial charge in [0.05, 0.1) is 17.4 Å². The van der Waals surface area contributed by atoms with E-state index < -0.39 is 5.97 Å². The average molecular weight is 216 g/mol. The molecule has 0 spiro atoms. The molecular formula is C10H13N2NaO2. The quantitative estimate of drug-likeness (QED) is 0.579. The van der Waals surface area contributed by atoms with Crippen LogP contribution in [-0.2, 0) is 6.42 Å². The van der Waals surface area contributed by atoms with E-state index in [1.165, 1.54) is 0 Å². The first-order chi connectivity index (χ1) is 6.56. The molecule has 5 heteroatoms. The molecule has 76 valence electrons. The molecule has 0 radical (unpaired) electrons. The first-order valence-electron chi connectivity index (χ1n) is 4.52. The van der Waals surface area contributed by atoms with Gasteiger partial charge in [-0.05, 0) is 18.9 Å². The van der Waals surface area contributed by atoms with Crippen LogP contribution in [0, 0.1) is 0 Å². The minimum absolute atomic E-state index is 0. The van der Waals surface area contributed by atoms with Crippen LogP contribution in [0.5, 0.6) is 0 Å². The number of carboxylic acids is 1. The maximum atomic E-state index is 10.7. The van der Waals surface area contributed by atoms with Crippen molar-refractivity contribution in [2.24, 2.45) is 0 Å². The molecule has 1 N–H and O–H groups in total. The van der Waals surface area contributed by atoms with E-state index in [0.29, 0.717) is 17.1 Å². The second-order valence-corrected chi connectivity index (χ2v) is 3.22. The number of carbonyl (C=O) groups excluding carboxylic acids is 1. The summed E-state index contributed by atoms with van der Waals surface area (Å²) in [4.78, 5) is 17.6. The van der Waals surface area contributed by atoms with Crippen LogP contribution in [0.1, 0.15) is 42.3 Å². The number of allylic oxidation sites excluding steroid dienone is 1. The number of H-pyrrole nitrogens is 1. The number of aromatic carboxylic acids is 1. The van der Waals surface area contributed by atoms with Crippen molar-refractivity contribution in [1.29, 1.82) is 0 Å². The molecule has 15 heavy (non-hydrogen) atoms. The molecule has 4 nitrogen and oxygen atoms in total. The number of carboxylic acid groups (broad SMARTS) is 1. The van der Waals surface area contributed by atoms with Crippen LogP contribution in [-0.4, -0.2) is 15.9 Å². The molecule has 1 heterocycles. The van der Waals surface area contributed by atoms with Crippen molar-refractivity contribution in [1.82, 2.24) is 9.97 Å². The zero-order valence-corrected chi connectivity index (χ0v) is 11.4. The molecule has 1 aromatic heterocycles. The number of hydrogen-bond donors (Lipinski definition) is 1. The van der Waals surface area contributed by atoms with Gasteiger partial charge in [0, 0.05) is 6.42 Å². The normalized spacial score (nSPS) is 9.47. The summed E-state index contributed by atoms with van der Waals surface area (Å²) in [6, 6.07) is 0. The molecule has 1 rings (SSSR count). The Hall–Kier alpha value is -0.580. The number of carbonyl (C=O) groups is 1. The van der Waals surface area contributed by atoms with Gasteiger partial charge in [0.1, 0.15) is 5.82 Å². The first kappa shape index (κ1) is 14.4. The zero-order valence-electron chi connectivity index (χ0n) is 9.39. The third kappa shape index (κ3) is 3.48. The van der Waals surface area contributed by atoms with Crippen molar-refractivity contribution >= 4 is 11.5 Å². The van der Waals surface area contributed by atoms with E-state index in [-0.39, 0.29) is 35.3 Å². The van der Waals surface area contributed by atoms with E-state index in [0.717, 1.165) is 12.8 Å². The molecule has 0 aromatic carbocycles. The van der Waals surface area contributed by atoms with Crippen LogP contribution in [0.25, 0.3) is 5.57 Å². The Morgan fingerprint density at radius 1 is 1.60 bits per heavy atom. The molecule has 0 saturated heterocycles. The Bertz CT molecular complexity index is 340. The Kier molecular flexibility index (Phi) is 5.87. The first-order valence-corrected chi connectivity index (χ1v) is 4.52. The fourth-order valence-electron chi connectivity index (χ4n) is 1.23. The summed E-state index contributed by atoms with van der Waals surface area (Å²) in [5, 5.41) is 10.7. The van der Waals surface area contributed by atoms with Crippen molar-refractivity contribution in [3.8, 4) is 0 Å². The predicted octanol–water partition coefficient (Wildman–Crippen LogP) is -2.24. The van der Waals surface area contributed by atoms with Crippen molar-refractivity contribution in [3.05, 3.63) is 23.8 Å². The Morgan fingerprint density at radius 2 is 2.20 bits per heavy atom. The van der Waals surface area contributed by atoms with Crippen molar-refractivity contribution in [2.45, 2.75) is 26.7 Å².